The maximum atomic E-state index is 6.10. The van der Waals surface area contributed by atoms with Crippen molar-refractivity contribution in [1.82, 2.24) is 0 Å². The molecule has 1 nitrogen and oxygen atoms in total. The number of allylic oxidation sites excluding steroid dienone is 3. The summed E-state index contributed by atoms with van der Waals surface area (Å²) < 4.78 is 4.91. The lowest BCUT2D eigenvalue weighted by molar-refractivity contribution is 0.189. The third-order valence-electron chi connectivity index (χ3n) is 1.43. The molecule has 0 bridgehead atoms. The largest absolute Gasteiger partial charge is 0.385 e. The zero-order valence-corrected chi connectivity index (χ0v) is 8.95. The summed E-state index contributed by atoms with van der Waals surface area (Å²) in [5.41, 5.74) is 0. The van der Waals surface area contributed by atoms with Crippen molar-refractivity contribution in [2.24, 2.45) is 0 Å². The first-order valence-electron chi connectivity index (χ1n) is 3.70. The van der Waals surface area contributed by atoms with E-state index >= 15 is 0 Å². The highest BCUT2D eigenvalue weighted by atomic mass is 35.5. The predicted octanol–water partition coefficient (Wildman–Crippen LogP) is 3.33. The molecular weight excluding hydrogens is 195 g/mol. The van der Waals surface area contributed by atoms with Gasteiger partial charge in [-0.15, -0.1) is 11.6 Å². The molecule has 1 atom stereocenters. The first-order chi connectivity index (χ1) is 5.52. The van der Waals surface area contributed by atoms with E-state index in [4.69, 9.17) is 27.9 Å². The van der Waals surface area contributed by atoms with Crippen LogP contribution < -0.4 is 0 Å². The molecular formula is C9H14Cl2O. The zero-order valence-electron chi connectivity index (χ0n) is 7.44. The summed E-state index contributed by atoms with van der Waals surface area (Å²) in [6, 6.07) is 0. The van der Waals surface area contributed by atoms with Crippen LogP contribution in [0.1, 0.15) is 13.3 Å². The van der Waals surface area contributed by atoms with Crippen molar-refractivity contribution >= 4 is 23.2 Å². The molecule has 0 aromatic carbocycles. The van der Waals surface area contributed by atoms with Crippen LogP contribution in [-0.2, 0) is 4.74 Å². The van der Waals surface area contributed by atoms with E-state index in [1.807, 2.05) is 6.92 Å². The van der Waals surface area contributed by atoms with Crippen molar-refractivity contribution in [3.8, 4) is 0 Å². The SMILES string of the molecule is C=C/C(Cl)=C/C(C)(Cl)CCOC. The molecule has 0 aliphatic carbocycles. The summed E-state index contributed by atoms with van der Waals surface area (Å²) in [5.74, 6) is 0. The fraction of sp³-hybridized carbons (Fsp3) is 0.556. The Labute approximate surface area is 84.0 Å². The van der Waals surface area contributed by atoms with E-state index in [0.717, 1.165) is 6.42 Å². The highest BCUT2D eigenvalue weighted by Gasteiger charge is 2.17. The van der Waals surface area contributed by atoms with Crippen LogP contribution in [0.5, 0.6) is 0 Å². The molecule has 0 radical (unpaired) electrons. The van der Waals surface area contributed by atoms with E-state index in [9.17, 15) is 0 Å². The molecule has 0 saturated heterocycles. The number of methoxy groups -OCH3 is 1. The Balaban J connectivity index is 4.10. The average molecular weight is 209 g/mol. The van der Waals surface area contributed by atoms with Gasteiger partial charge in [-0.2, -0.15) is 0 Å². The van der Waals surface area contributed by atoms with Gasteiger partial charge in [-0.25, -0.2) is 0 Å². The van der Waals surface area contributed by atoms with Crippen molar-refractivity contribution in [3.63, 3.8) is 0 Å². The van der Waals surface area contributed by atoms with Crippen molar-refractivity contribution in [3.05, 3.63) is 23.8 Å². The molecule has 0 N–H and O–H groups in total. The minimum Gasteiger partial charge on any atom is -0.385 e. The second-order valence-electron chi connectivity index (χ2n) is 2.75. The van der Waals surface area contributed by atoms with Crippen LogP contribution in [0, 0.1) is 0 Å². The molecule has 0 aliphatic heterocycles. The molecule has 0 aromatic heterocycles. The lowest BCUT2D eigenvalue weighted by Crippen LogP contribution is -2.15. The molecule has 1 unspecified atom stereocenters. The van der Waals surface area contributed by atoms with Gasteiger partial charge in [0.15, 0.2) is 0 Å². The number of rotatable bonds is 5. The van der Waals surface area contributed by atoms with Gasteiger partial charge < -0.3 is 4.74 Å². The number of hydrogen-bond acceptors (Lipinski definition) is 1. The fourth-order valence-corrected chi connectivity index (χ4v) is 1.21. The Bertz CT molecular complexity index is 173. The quantitative estimate of drug-likeness (QED) is 0.498. The van der Waals surface area contributed by atoms with E-state index < -0.39 is 4.87 Å². The zero-order chi connectivity index (χ0) is 9.61. The lowest BCUT2D eigenvalue weighted by Gasteiger charge is -2.16. The van der Waals surface area contributed by atoms with Gasteiger partial charge in [-0.3, -0.25) is 0 Å². The first kappa shape index (κ1) is 12.0. The summed E-state index contributed by atoms with van der Waals surface area (Å²) >= 11 is 11.8. The van der Waals surface area contributed by atoms with Gasteiger partial charge in [0.1, 0.15) is 0 Å². The summed E-state index contributed by atoms with van der Waals surface area (Å²) in [5, 5.41) is 0.573. The Morgan fingerprint density at radius 1 is 1.67 bits per heavy atom. The summed E-state index contributed by atoms with van der Waals surface area (Å²) in [7, 11) is 1.64. The maximum Gasteiger partial charge on any atom is 0.0636 e. The highest BCUT2D eigenvalue weighted by Crippen LogP contribution is 2.24. The highest BCUT2D eigenvalue weighted by molar-refractivity contribution is 6.32. The van der Waals surface area contributed by atoms with Gasteiger partial charge >= 0.3 is 0 Å². The van der Waals surface area contributed by atoms with Gasteiger partial charge in [0.25, 0.3) is 0 Å². The van der Waals surface area contributed by atoms with Crippen LogP contribution in [0.25, 0.3) is 0 Å². The summed E-state index contributed by atoms with van der Waals surface area (Å²) in [6.07, 6.45) is 4.06. The Kier molecular flexibility index (Phi) is 5.64. The van der Waals surface area contributed by atoms with Gasteiger partial charge in [0, 0.05) is 18.7 Å². The average Bonchev–Trinajstić information content (AvgIpc) is 2.00. The maximum absolute atomic E-state index is 6.10. The molecule has 0 spiro atoms. The molecule has 12 heavy (non-hydrogen) atoms. The van der Waals surface area contributed by atoms with Crippen LogP contribution in [0.15, 0.2) is 23.8 Å². The van der Waals surface area contributed by atoms with Gasteiger partial charge in [-0.1, -0.05) is 24.3 Å². The van der Waals surface area contributed by atoms with E-state index in [1.54, 1.807) is 19.3 Å². The minimum atomic E-state index is -0.443. The predicted molar refractivity (Wildman–Crippen MR) is 54.9 cm³/mol. The van der Waals surface area contributed by atoms with E-state index in [-0.39, 0.29) is 0 Å². The standard InChI is InChI=1S/C9H14Cl2O/c1-4-8(10)7-9(2,11)5-6-12-3/h4,7H,1,5-6H2,2-3H3/b8-7-. The molecule has 3 heteroatoms. The van der Waals surface area contributed by atoms with Gasteiger partial charge in [-0.05, 0) is 19.4 Å². The van der Waals surface area contributed by atoms with E-state index in [0.29, 0.717) is 11.6 Å². The molecule has 0 amide bonds. The molecule has 0 aliphatic rings. The number of halogens is 2. The third kappa shape index (κ3) is 5.64. The molecule has 70 valence electrons. The molecule has 0 heterocycles. The Morgan fingerprint density at radius 3 is 2.67 bits per heavy atom. The fourth-order valence-electron chi connectivity index (χ4n) is 0.720. The van der Waals surface area contributed by atoms with Crippen molar-refractivity contribution < 1.29 is 4.74 Å². The lowest BCUT2D eigenvalue weighted by atomic mass is 10.1. The van der Waals surface area contributed by atoms with Crippen molar-refractivity contribution in [2.45, 2.75) is 18.2 Å². The summed E-state index contributed by atoms with van der Waals surface area (Å²) in [4.78, 5) is -0.443. The van der Waals surface area contributed by atoms with E-state index in [2.05, 4.69) is 6.58 Å². The Morgan fingerprint density at radius 2 is 2.25 bits per heavy atom. The second-order valence-corrected chi connectivity index (χ2v) is 4.05. The van der Waals surface area contributed by atoms with Crippen LogP contribution in [-0.4, -0.2) is 18.6 Å². The second kappa shape index (κ2) is 5.63. The Hall–Kier alpha value is 0.0200. The minimum absolute atomic E-state index is 0.443. The normalized spacial score (nSPS) is 17.2. The number of ether oxygens (including phenoxy) is 1. The van der Waals surface area contributed by atoms with Gasteiger partial charge in [0.2, 0.25) is 0 Å². The van der Waals surface area contributed by atoms with Crippen LogP contribution in [0.3, 0.4) is 0 Å². The first-order valence-corrected chi connectivity index (χ1v) is 4.46. The van der Waals surface area contributed by atoms with Crippen LogP contribution in [0.2, 0.25) is 0 Å². The molecule has 0 rings (SSSR count). The number of hydrogen-bond donors (Lipinski definition) is 0. The van der Waals surface area contributed by atoms with Crippen molar-refractivity contribution in [2.75, 3.05) is 13.7 Å². The van der Waals surface area contributed by atoms with E-state index in [1.165, 1.54) is 0 Å². The topological polar surface area (TPSA) is 9.23 Å². The summed E-state index contributed by atoms with van der Waals surface area (Å²) in [6.45, 7) is 6.05. The third-order valence-corrected chi connectivity index (χ3v) is 1.99. The molecule has 0 aromatic rings. The van der Waals surface area contributed by atoms with Crippen LogP contribution >= 0.6 is 23.2 Å². The smallest absolute Gasteiger partial charge is 0.0636 e. The monoisotopic (exact) mass is 208 g/mol. The van der Waals surface area contributed by atoms with Crippen molar-refractivity contribution in [1.29, 1.82) is 0 Å². The molecule has 0 saturated carbocycles. The van der Waals surface area contributed by atoms with Gasteiger partial charge in [0.05, 0.1) is 4.87 Å². The van der Waals surface area contributed by atoms with Crippen LogP contribution in [0.4, 0.5) is 0 Å². The number of alkyl halides is 1. The molecule has 0 fully saturated rings.